The van der Waals surface area contributed by atoms with Crippen molar-refractivity contribution in [3.05, 3.63) is 0 Å². The molecule has 0 aromatic heterocycles. The summed E-state index contributed by atoms with van der Waals surface area (Å²) in [5, 5.41) is 0. The maximum Gasteiger partial charge on any atom is 0.225 e. The van der Waals surface area contributed by atoms with Gasteiger partial charge in [-0.2, -0.15) is 0 Å². The average molecular weight is 237 g/mol. The van der Waals surface area contributed by atoms with E-state index in [1.54, 1.807) is 0 Å². The van der Waals surface area contributed by atoms with E-state index >= 15 is 0 Å². The van der Waals surface area contributed by atoms with E-state index in [1.807, 2.05) is 0 Å². The largest absolute Gasteiger partial charge is 0.372 e. The third-order valence-electron chi connectivity index (χ3n) is 5.08. The number of hydrogen-bond donors (Lipinski definition) is 0. The first-order valence-electron chi connectivity index (χ1n) is 6.75. The molecule has 3 nitrogen and oxygen atoms in total. The number of hydrogen-bond acceptors (Lipinski definition) is 2. The summed E-state index contributed by atoms with van der Waals surface area (Å²) in [6.07, 6.45) is 1.77. The van der Waals surface area contributed by atoms with Crippen molar-refractivity contribution in [2.75, 3.05) is 13.1 Å². The maximum atomic E-state index is 12.1. The summed E-state index contributed by atoms with van der Waals surface area (Å²) in [6, 6.07) is 0. The highest BCUT2D eigenvalue weighted by Crippen LogP contribution is 2.62. The zero-order chi connectivity index (χ0) is 12.4. The molecule has 0 aromatic carbocycles. The van der Waals surface area contributed by atoms with Gasteiger partial charge in [0.15, 0.2) is 0 Å². The zero-order valence-corrected chi connectivity index (χ0v) is 11.3. The highest BCUT2D eigenvalue weighted by Gasteiger charge is 2.62. The molecule has 2 saturated heterocycles. The number of piperidine rings is 1. The molecule has 1 amide bonds. The molecule has 1 aliphatic carbocycles. The van der Waals surface area contributed by atoms with Crippen LogP contribution in [0.15, 0.2) is 0 Å². The molecule has 1 saturated carbocycles. The Morgan fingerprint density at radius 1 is 1.24 bits per heavy atom. The Morgan fingerprint density at radius 3 is 2.24 bits per heavy atom. The molecular formula is C14H23NO2. The van der Waals surface area contributed by atoms with Crippen molar-refractivity contribution in [3.63, 3.8) is 0 Å². The minimum absolute atomic E-state index is 0.0000853. The average Bonchev–Trinajstić information content (AvgIpc) is 2.61. The van der Waals surface area contributed by atoms with Gasteiger partial charge < -0.3 is 9.64 Å². The van der Waals surface area contributed by atoms with Crippen LogP contribution >= 0.6 is 0 Å². The van der Waals surface area contributed by atoms with Gasteiger partial charge in [0.1, 0.15) is 0 Å². The summed E-state index contributed by atoms with van der Waals surface area (Å²) >= 11 is 0. The first kappa shape index (κ1) is 11.5. The van der Waals surface area contributed by atoms with Crippen molar-refractivity contribution >= 4 is 5.91 Å². The Labute approximate surface area is 104 Å². The molecular weight excluding hydrogens is 214 g/mol. The molecule has 0 bridgehead atoms. The van der Waals surface area contributed by atoms with Gasteiger partial charge in [-0.05, 0) is 31.1 Å². The minimum atomic E-state index is 0.0000853. The van der Waals surface area contributed by atoms with Crippen molar-refractivity contribution in [2.45, 2.75) is 52.2 Å². The van der Waals surface area contributed by atoms with Crippen molar-refractivity contribution in [3.8, 4) is 0 Å². The second-order valence-electron chi connectivity index (χ2n) is 7.24. The number of nitrogens with zero attached hydrogens (tertiary/aromatic N) is 1. The van der Waals surface area contributed by atoms with Gasteiger partial charge in [0, 0.05) is 19.5 Å². The number of amides is 1. The number of rotatable bonds is 2. The highest BCUT2D eigenvalue weighted by molar-refractivity contribution is 5.77. The van der Waals surface area contributed by atoms with Crippen LogP contribution in [0.25, 0.3) is 0 Å². The lowest BCUT2D eigenvalue weighted by Gasteiger charge is -2.43. The van der Waals surface area contributed by atoms with E-state index in [2.05, 4.69) is 32.6 Å². The number of fused-ring (bicyclic) bond motifs is 1. The standard InChI is InChI=1S/C14H23NO2/c1-13(2)6-9(17-13)5-12(16)15-7-10-11(8-15)14(10,3)4/h9-11H,5-8H2,1-4H3. The van der Waals surface area contributed by atoms with Crippen LogP contribution in [-0.4, -0.2) is 35.6 Å². The number of carbonyl (C=O) groups excluding carboxylic acids is 1. The Kier molecular flexibility index (Phi) is 2.20. The molecule has 17 heavy (non-hydrogen) atoms. The topological polar surface area (TPSA) is 29.5 Å². The van der Waals surface area contributed by atoms with Gasteiger partial charge in [-0.3, -0.25) is 4.79 Å². The number of carbonyl (C=O) groups is 1. The van der Waals surface area contributed by atoms with Crippen LogP contribution in [0.1, 0.15) is 40.5 Å². The van der Waals surface area contributed by atoms with Crippen LogP contribution in [0.5, 0.6) is 0 Å². The maximum absolute atomic E-state index is 12.1. The van der Waals surface area contributed by atoms with Gasteiger partial charge in [-0.15, -0.1) is 0 Å². The van der Waals surface area contributed by atoms with Gasteiger partial charge in [-0.25, -0.2) is 0 Å². The zero-order valence-electron chi connectivity index (χ0n) is 11.3. The summed E-state index contributed by atoms with van der Waals surface area (Å²) in [4.78, 5) is 14.1. The van der Waals surface area contributed by atoms with Gasteiger partial charge in [-0.1, -0.05) is 13.8 Å². The first-order chi connectivity index (χ1) is 7.79. The fourth-order valence-electron chi connectivity index (χ4n) is 3.76. The van der Waals surface area contributed by atoms with Crippen LogP contribution in [0.4, 0.5) is 0 Å². The second-order valence-corrected chi connectivity index (χ2v) is 7.24. The molecule has 0 N–H and O–H groups in total. The second kappa shape index (κ2) is 3.25. The van der Waals surface area contributed by atoms with Crippen LogP contribution in [0.3, 0.4) is 0 Å². The Balaban J connectivity index is 1.47. The molecule has 3 fully saturated rings. The Morgan fingerprint density at radius 2 is 1.76 bits per heavy atom. The molecule has 3 rings (SSSR count). The van der Waals surface area contributed by atoms with Gasteiger partial charge in [0.05, 0.1) is 18.1 Å². The molecule has 3 heteroatoms. The lowest BCUT2D eigenvalue weighted by atomic mass is 9.91. The van der Waals surface area contributed by atoms with E-state index in [9.17, 15) is 4.79 Å². The molecule has 96 valence electrons. The molecule has 2 heterocycles. The molecule has 3 atom stereocenters. The monoisotopic (exact) mass is 237 g/mol. The van der Waals surface area contributed by atoms with Crippen LogP contribution in [-0.2, 0) is 9.53 Å². The van der Waals surface area contributed by atoms with Crippen molar-refractivity contribution in [1.29, 1.82) is 0 Å². The predicted octanol–water partition coefficient (Wildman–Crippen LogP) is 2.06. The van der Waals surface area contributed by atoms with Crippen molar-refractivity contribution in [1.82, 2.24) is 4.90 Å². The van der Waals surface area contributed by atoms with Gasteiger partial charge in [0.2, 0.25) is 5.91 Å². The Hall–Kier alpha value is -0.570. The molecule has 0 spiro atoms. The summed E-state index contributed by atoms with van der Waals surface area (Å²) < 4.78 is 5.69. The normalized spacial score (nSPS) is 40.7. The Bertz CT molecular complexity index is 339. The smallest absolute Gasteiger partial charge is 0.225 e. The van der Waals surface area contributed by atoms with Crippen molar-refractivity contribution < 1.29 is 9.53 Å². The third kappa shape index (κ3) is 1.79. The lowest BCUT2D eigenvalue weighted by molar-refractivity contribution is -0.190. The summed E-state index contributed by atoms with van der Waals surface area (Å²) in [7, 11) is 0. The highest BCUT2D eigenvalue weighted by atomic mass is 16.5. The van der Waals surface area contributed by atoms with Crippen LogP contribution in [0, 0.1) is 17.3 Å². The molecule has 3 unspecified atom stereocenters. The number of ether oxygens (including phenoxy) is 1. The number of likely N-dealkylation sites (tertiary alicyclic amines) is 1. The van der Waals surface area contributed by atoms with E-state index in [1.165, 1.54) is 0 Å². The minimum Gasteiger partial charge on any atom is -0.372 e. The molecule has 3 aliphatic rings. The fourth-order valence-corrected chi connectivity index (χ4v) is 3.76. The lowest BCUT2D eigenvalue weighted by Crippen LogP contribution is -2.48. The van der Waals surface area contributed by atoms with Gasteiger partial charge >= 0.3 is 0 Å². The van der Waals surface area contributed by atoms with E-state index in [-0.39, 0.29) is 11.7 Å². The van der Waals surface area contributed by atoms with E-state index in [4.69, 9.17) is 4.74 Å². The van der Waals surface area contributed by atoms with E-state index in [0.29, 0.717) is 17.7 Å². The molecule has 0 aromatic rings. The van der Waals surface area contributed by atoms with E-state index < -0.39 is 0 Å². The molecule has 0 radical (unpaired) electrons. The summed E-state index contributed by atoms with van der Waals surface area (Å²) in [5.74, 6) is 1.81. The van der Waals surface area contributed by atoms with Crippen LogP contribution in [0.2, 0.25) is 0 Å². The SMILES string of the molecule is CC1(C)CC(CC(=O)N2CC3C(C2)C3(C)C)O1. The summed E-state index contributed by atoms with van der Waals surface area (Å²) in [5.41, 5.74) is 0.492. The first-order valence-corrected chi connectivity index (χ1v) is 6.75. The van der Waals surface area contributed by atoms with Crippen LogP contribution < -0.4 is 0 Å². The predicted molar refractivity (Wildman–Crippen MR) is 65.5 cm³/mol. The van der Waals surface area contributed by atoms with Gasteiger partial charge in [0.25, 0.3) is 0 Å². The van der Waals surface area contributed by atoms with Crippen molar-refractivity contribution in [2.24, 2.45) is 17.3 Å². The fraction of sp³-hybridized carbons (Fsp3) is 0.929. The quantitative estimate of drug-likeness (QED) is 0.735. The van der Waals surface area contributed by atoms with E-state index in [0.717, 1.165) is 31.3 Å². The third-order valence-corrected chi connectivity index (χ3v) is 5.08. The molecule has 2 aliphatic heterocycles. The summed E-state index contributed by atoms with van der Waals surface area (Å²) in [6.45, 7) is 10.8.